The molecule has 0 spiro atoms. The highest BCUT2D eigenvalue weighted by Crippen LogP contribution is 2.14. The molecule has 0 radical (unpaired) electrons. The molecule has 0 aliphatic rings. The summed E-state index contributed by atoms with van der Waals surface area (Å²) in [5.41, 5.74) is 6.37. The molecule has 16 heavy (non-hydrogen) atoms. The highest BCUT2D eigenvalue weighted by atomic mass is 32.2. The zero-order chi connectivity index (χ0) is 11.6. The number of rotatable bonds is 8. The summed E-state index contributed by atoms with van der Waals surface area (Å²) in [5, 5.41) is 8.59. The lowest BCUT2D eigenvalue weighted by Crippen LogP contribution is -1.99. The average Bonchev–Trinajstić information content (AvgIpc) is 2.28. The van der Waals surface area contributed by atoms with Gasteiger partial charge < -0.3 is 15.6 Å². The number of ether oxygens (including phenoxy) is 1. The minimum atomic E-state index is 0.285. The quantitative estimate of drug-likeness (QED) is 0.541. The van der Waals surface area contributed by atoms with Gasteiger partial charge >= 0.3 is 0 Å². The van der Waals surface area contributed by atoms with Gasteiger partial charge in [-0.1, -0.05) is 6.07 Å². The predicted octanol–water partition coefficient (Wildman–Crippen LogP) is 2.15. The van der Waals surface area contributed by atoms with Crippen molar-refractivity contribution >= 4 is 17.4 Å². The summed E-state index contributed by atoms with van der Waals surface area (Å²) in [6, 6.07) is 7.48. The summed E-state index contributed by atoms with van der Waals surface area (Å²) >= 11 is 1.85. The number of anilines is 1. The van der Waals surface area contributed by atoms with Gasteiger partial charge in [-0.2, -0.15) is 11.8 Å². The molecule has 0 bridgehead atoms. The Labute approximate surface area is 101 Å². The van der Waals surface area contributed by atoms with E-state index in [9.17, 15) is 0 Å². The summed E-state index contributed by atoms with van der Waals surface area (Å²) in [5.74, 6) is 2.93. The number of aliphatic hydroxyl groups excluding tert-OH is 1. The Bertz CT molecular complexity index is 294. The fraction of sp³-hybridized carbons (Fsp3) is 0.500. The Kier molecular flexibility index (Phi) is 6.85. The summed E-state index contributed by atoms with van der Waals surface area (Å²) in [4.78, 5) is 0. The average molecular weight is 241 g/mol. The van der Waals surface area contributed by atoms with Crippen LogP contribution in [0.1, 0.15) is 12.8 Å². The molecular formula is C12H19NO2S. The molecule has 0 saturated heterocycles. The summed E-state index contributed by atoms with van der Waals surface area (Å²) < 4.78 is 5.55. The Balaban J connectivity index is 2.03. The smallest absolute Gasteiger partial charge is 0.121 e. The van der Waals surface area contributed by atoms with Crippen LogP contribution in [0.3, 0.4) is 0 Å². The van der Waals surface area contributed by atoms with Crippen LogP contribution in [-0.2, 0) is 0 Å². The number of nitrogen functional groups attached to an aromatic ring is 1. The molecule has 0 unspecified atom stereocenters. The van der Waals surface area contributed by atoms with Crippen molar-refractivity contribution in [2.45, 2.75) is 12.8 Å². The summed E-state index contributed by atoms with van der Waals surface area (Å²) in [7, 11) is 0. The molecule has 90 valence electrons. The summed E-state index contributed by atoms with van der Waals surface area (Å²) in [6.07, 6.45) is 1.89. The molecule has 0 aromatic heterocycles. The summed E-state index contributed by atoms with van der Waals surface area (Å²) in [6.45, 7) is 1.00. The standard InChI is InChI=1S/C12H19NO2S/c13-11-4-1-5-12(10-11)15-7-3-9-16-8-2-6-14/h1,4-5,10,14H,2-3,6-9,13H2. The third-order valence-corrected chi connectivity index (χ3v) is 3.16. The van der Waals surface area contributed by atoms with Crippen LogP contribution in [0.25, 0.3) is 0 Å². The maximum absolute atomic E-state index is 8.59. The highest BCUT2D eigenvalue weighted by Gasteiger charge is 1.94. The van der Waals surface area contributed by atoms with Crippen molar-refractivity contribution < 1.29 is 9.84 Å². The van der Waals surface area contributed by atoms with E-state index >= 15 is 0 Å². The van der Waals surface area contributed by atoms with Gasteiger partial charge in [0.2, 0.25) is 0 Å². The van der Waals surface area contributed by atoms with Crippen molar-refractivity contribution in [2.75, 3.05) is 30.5 Å². The third-order valence-electron chi connectivity index (χ3n) is 2.01. The van der Waals surface area contributed by atoms with E-state index in [4.69, 9.17) is 15.6 Å². The number of benzene rings is 1. The van der Waals surface area contributed by atoms with Crippen molar-refractivity contribution in [2.24, 2.45) is 0 Å². The molecule has 4 heteroatoms. The van der Waals surface area contributed by atoms with Crippen LogP contribution in [-0.4, -0.2) is 29.8 Å². The zero-order valence-electron chi connectivity index (χ0n) is 9.39. The predicted molar refractivity (Wildman–Crippen MR) is 70.0 cm³/mol. The van der Waals surface area contributed by atoms with E-state index < -0.39 is 0 Å². The Morgan fingerprint density at radius 3 is 2.81 bits per heavy atom. The van der Waals surface area contributed by atoms with E-state index in [0.717, 1.165) is 42.4 Å². The Hall–Kier alpha value is -0.870. The van der Waals surface area contributed by atoms with Gasteiger partial charge in [0.1, 0.15) is 5.75 Å². The first-order valence-electron chi connectivity index (χ1n) is 5.50. The topological polar surface area (TPSA) is 55.5 Å². The van der Waals surface area contributed by atoms with Crippen LogP contribution in [0.2, 0.25) is 0 Å². The normalized spacial score (nSPS) is 10.3. The van der Waals surface area contributed by atoms with Crippen LogP contribution < -0.4 is 10.5 Å². The molecule has 0 fully saturated rings. The highest BCUT2D eigenvalue weighted by molar-refractivity contribution is 7.99. The second-order valence-electron chi connectivity index (χ2n) is 3.46. The molecule has 3 N–H and O–H groups in total. The van der Waals surface area contributed by atoms with Crippen LogP contribution in [0, 0.1) is 0 Å². The largest absolute Gasteiger partial charge is 0.493 e. The van der Waals surface area contributed by atoms with E-state index in [1.54, 1.807) is 0 Å². The molecule has 0 atom stereocenters. The van der Waals surface area contributed by atoms with Crippen molar-refractivity contribution in [1.82, 2.24) is 0 Å². The first-order valence-corrected chi connectivity index (χ1v) is 6.65. The van der Waals surface area contributed by atoms with Crippen molar-refractivity contribution in [3.8, 4) is 5.75 Å². The second-order valence-corrected chi connectivity index (χ2v) is 4.69. The Morgan fingerprint density at radius 1 is 1.25 bits per heavy atom. The minimum absolute atomic E-state index is 0.285. The van der Waals surface area contributed by atoms with Crippen molar-refractivity contribution in [1.29, 1.82) is 0 Å². The van der Waals surface area contributed by atoms with Crippen molar-refractivity contribution in [3.63, 3.8) is 0 Å². The maximum Gasteiger partial charge on any atom is 0.121 e. The maximum atomic E-state index is 8.59. The number of hydrogen-bond donors (Lipinski definition) is 2. The van der Waals surface area contributed by atoms with Crippen LogP contribution >= 0.6 is 11.8 Å². The van der Waals surface area contributed by atoms with Crippen LogP contribution in [0.15, 0.2) is 24.3 Å². The third kappa shape index (κ3) is 5.88. The number of thioether (sulfide) groups is 1. The fourth-order valence-corrected chi connectivity index (χ4v) is 2.08. The molecule has 0 aliphatic heterocycles. The molecule has 0 heterocycles. The molecule has 3 nitrogen and oxygen atoms in total. The Morgan fingerprint density at radius 2 is 2.06 bits per heavy atom. The molecule has 0 amide bonds. The molecule has 1 aromatic rings. The lowest BCUT2D eigenvalue weighted by molar-refractivity contribution is 0.296. The first kappa shape index (κ1) is 13.2. The number of nitrogens with two attached hydrogens (primary N) is 1. The molecule has 1 rings (SSSR count). The lowest BCUT2D eigenvalue weighted by atomic mass is 10.3. The van der Waals surface area contributed by atoms with Gasteiger partial charge in [-0.3, -0.25) is 0 Å². The van der Waals surface area contributed by atoms with E-state index in [-0.39, 0.29) is 6.61 Å². The number of aliphatic hydroxyl groups is 1. The zero-order valence-corrected chi connectivity index (χ0v) is 10.2. The minimum Gasteiger partial charge on any atom is -0.493 e. The van der Waals surface area contributed by atoms with E-state index in [1.165, 1.54) is 0 Å². The van der Waals surface area contributed by atoms with E-state index in [0.29, 0.717) is 0 Å². The van der Waals surface area contributed by atoms with Crippen molar-refractivity contribution in [3.05, 3.63) is 24.3 Å². The molecule has 0 aliphatic carbocycles. The van der Waals surface area contributed by atoms with Gasteiger partial charge in [0.15, 0.2) is 0 Å². The van der Waals surface area contributed by atoms with Gasteiger partial charge in [-0.15, -0.1) is 0 Å². The van der Waals surface area contributed by atoms with E-state index in [2.05, 4.69) is 0 Å². The van der Waals surface area contributed by atoms with Gasteiger partial charge in [-0.05, 0) is 36.5 Å². The lowest BCUT2D eigenvalue weighted by Gasteiger charge is -2.06. The van der Waals surface area contributed by atoms with Gasteiger partial charge in [0.25, 0.3) is 0 Å². The first-order chi connectivity index (χ1) is 7.83. The van der Waals surface area contributed by atoms with E-state index in [1.807, 2.05) is 36.0 Å². The molecule has 1 aromatic carbocycles. The van der Waals surface area contributed by atoms with Gasteiger partial charge in [-0.25, -0.2) is 0 Å². The molecule has 0 saturated carbocycles. The fourth-order valence-electron chi connectivity index (χ4n) is 1.22. The van der Waals surface area contributed by atoms with Gasteiger partial charge in [0.05, 0.1) is 6.61 Å². The molecular weight excluding hydrogens is 222 g/mol. The second kappa shape index (κ2) is 8.30. The monoisotopic (exact) mass is 241 g/mol. The number of hydrogen-bond acceptors (Lipinski definition) is 4. The van der Waals surface area contributed by atoms with Crippen LogP contribution in [0.5, 0.6) is 5.75 Å². The van der Waals surface area contributed by atoms with Crippen LogP contribution in [0.4, 0.5) is 5.69 Å². The van der Waals surface area contributed by atoms with Gasteiger partial charge in [0, 0.05) is 18.4 Å². The SMILES string of the molecule is Nc1cccc(OCCCSCCCO)c1.